The number of carbonyl (C=O) groups excluding carboxylic acids is 2. The van der Waals surface area contributed by atoms with Crippen molar-refractivity contribution in [3.63, 3.8) is 0 Å². The number of benzene rings is 2. The van der Waals surface area contributed by atoms with Gasteiger partial charge in [0.1, 0.15) is 11.8 Å². The quantitative estimate of drug-likeness (QED) is 0.302. The zero-order chi connectivity index (χ0) is 20.7. The fourth-order valence-corrected chi connectivity index (χ4v) is 4.79. The lowest BCUT2D eigenvalue weighted by Crippen LogP contribution is -2.29. The van der Waals surface area contributed by atoms with E-state index in [4.69, 9.17) is 0 Å². The Morgan fingerprint density at radius 2 is 1.86 bits per heavy atom. The highest BCUT2D eigenvalue weighted by molar-refractivity contribution is 9.10. The fraction of sp³-hybridized carbons (Fsp3) is 0.130. The number of ketones is 1. The first-order chi connectivity index (χ1) is 13.9. The molecular weight excluding hydrogens is 450 g/mol. The number of hydrogen-bond acceptors (Lipinski definition) is 4. The molecule has 1 aliphatic rings. The summed E-state index contributed by atoms with van der Waals surface area (Å²) in [6.07, 6.45) is 0. The molecule has 0 aliphatic carbocycles. The first-order valence-corrected chi connectivity index (χ1v) is 10.7. The number of halogens is 1. The molecule has 0 bridgehead atoms. The Balaban J connectivity index is 1.97. The standard InChI is InChI=1S/C23H18BrNO3S/c1-13-8-9-14(2)17(11-13)21(26)19-20(18-7-4-10-29-18)25(23(28)22(19)27)16-6-3-5-15(24)12-16/h3-12,20,26H,1-2H3/b21-19-. The first kappa shape index (κ1) is 19.6. The predicted molar refractivity (Wildman–Crippen MR) is 119 cm³/mol. The predicted octanol–water partition coefficient (Wildman–Crippen LogP) is 5.75. The van der Waals surface area contributed by atoms with Crippen molar-refractivity contribution < 1.29 is 14.7 Å². The molecule has 1 aliphatic heterocycles. The summed E-state index contributed by atoms with van der Waals surface area (Å²) in [5.41, 5.74) is 3.09. The second kappa shape index (κ2) is 7.61. The van der Waals surface area contributed by atoms with Crippen LogP contribution in [0.3, 0.4) is 0 Å². The van der Waals surface area contributed by atoms with Gasteiger partial charge >= 0.3 is 0 Å². The van der Waals surface area contributed by atoms with Gasteiger partial charge in [0.25, 0.3) is 11.7 Å². The summed E-state index contributed by atoms with van der Waals surface area (Å²) >= 11 is 4.88. The summed E-state index contributed by atoms with van der Waals surface area (Å²) in [5.74, 6) is -1.46. The molecule has 2 aromatic carbocycles. The van der Waals surface area contributed by atoms with Crippen molar-refractivity contribution in [3.05, 3.63) is 91.6 Å². The van der Waals surface area contributed by atoms with Gasteiger partial charge in [-0.25, -0.2) is 0 Å². The topological polar surface area (TPSA) is 57.6 Å². The average Bonchev–Trinajstić information content (AvgIpc) is 3.30. The van der Waals surface area contributed by atoms with Crippen LogP contribution < -0.4 is 4.90 Å². The molecular formula is C23H18BrNO3S. The Kier molecular flexibility index (Phi) is 5.15. The zero-order valence-corrected chi connectivity index (χ0v) is 18.3. The van der Waals surface area contributed by atoms with Gasteiger partial charge in [-0.3, -0.25) is 14.5 Å². The second-order valence-corrected chi connectivity index (χ2v) is 8.88. The molecule has 0 saturated carbocycles. The molecule has 4 nitrogen and oxygen atoms in total. The van der Waals surface area contributed by atoms with Crippen LogP contribution in [0.5, 0.6) is 0 Å². The lowest BCUT2D eigenvalue weighted by Gasteiger charge is -2.24. The van der Waals surface area contributed by atoms with E-state index in [1.807, 2.05) is 61.7 Å². The number of anilines is 1. The molecule has 4 rings (SSSR count). The van der Waals surface area contributed by atoms with Gasteiger partial charge in [0.2, 0.25) is 0 Å². The van der Waals surface area contributed by atoms with Gasteiger partial charge in [0, 0.05) is 20.6 Å². The van der Waals surface area contributed by atoms with E-state index in [9.17, 15) is 14.7 Å². The van der Waals surface area contributed by atoms with Gasteiger partial charge in [-0.2, -0.15) is 0 Å². The van der Waals surface area contributed by atoms with E-state index in [1.165, 1.54) is 16.2 Å². The number of carbonyl (C=O) groups is 2. The zero-order valence-electron chi connectivity index (χ0n) is 15.8. The van der Waals surface area contributed by atoms with Crippen LogP contribution in [0.25, 0.3) is 5.76 Å². The summed E-state index contributed by atoms with van der Waals surface area (Å²) in [5, 5.41) is 13.1. The summed E-state index contributed by atoms with van der Waals surface area (Å²) in [6, 6.07) is 16.0. The molecule has 1 fully saturated rings. The van der Waals surface area contributed by atoms with Crippen molar-refractivity contribution in [2.75, 3.05) is 4.90 Å². The molecule has 2 heterocycles. The number of amides is 1. The van der Waals surface area contributed by atoms with E-state index >= 15 is 0 Å². The maximum absolute atomic E-state index is 13.1. The third-order valence-corrected chi connectivity index (χ3v) is 6.41. The summed E-state index contributed by atoms with van der Waals surface area (Å²) in [4.78, 5) is 28.4. The maximum atomic E-state index is 13.1. The number of aliphatic hydroxyl groups excluding tert-OH is 1. The number of hydrogen-bond donors (Lipinski definition) is 1. The number of nitrogens with zero attached hydrogens (tertiary/aromatic N) is 1. The van der Waals surface area contributed by atoms with Crippen LogP contribution >= 0.6 is 27.3 Å². The number of thiophene rings is 1. The molecule has 1 aromatic heterocycles. The van der Waals surface area contributed by atoms with Gasteiger partial charge in [0.15, 0.2) is 0 Å². The average molecular weight is 468 g/mol. The molecule has 0 radical (unpaired) electrons. The van der Waals surface area contributed by atoms with Crippen molar-refractivity contribution in [3.8, 4) is 0 Å². The van der Waals surface area contributed by atoms with Crippen LogP contribution in [0.2, 0.25) is 0 Å². The number of aryl methyl sites for hydroxylation is 2. The van der Waals surface area contributed by atoms with Crippen LogP contribution in [-0.2, 0) is 9.59 Å². The molecule has 1 unspecified atom stereocenters. The van der Waals surface area contributed by atoms with Gasteiger partial charge in [0.05, 0.1) is 5.57 Å². The van der Waals surface area contributed by atoms with E-state index in [0.717, 1.165) is 20.5 Å². The number of Topliss-reactive ketones (excluding diaryl/α,β-unsaturated/α-hetero) is 1. The Labute approximate surface area is 181 Å². The highest BCUT2D eigenvalue weighted by atomic mass is 79.9. The third kappa shape index (κ3) is 3.43. The van der Waals surface area contributed by atoms with Crippen LogP contribution in [0.15, 0.2) is 70.0 Å². The SMILES string of the molecule is Cc1ccc(C)c(/C(O)=C2/C(=O)C(=O)N(c3cccc(Br)c3)C2c2cccs2)c1. The molecule has 3 aromatic rings. The van der Waals surface area contributed by atoms with Crippen molar-refractivity contribution in [2.24, 2.45) is 0 Å². The largest absolute Gasteiger partial charge is 0.507 e. The fourth-order valence-electron chi connectivity index (χ4n) is 3.58. The highest BCUT2D eigenvalue weighted by Gasteiger charge is 2.47. The normalized spacial score (nSPS) is 18.4. The molecule has 0 spiro atoms. The van der Waals surface area contributed by atoms with Crippen molar-refractivity contribution in [1.82, 2.24) is 0 Å². The molecule has 1 N–H and O–H groups in total. The van der Waals surface area contributed by atoms with Crippen molar-refractivity contribution in [2.45, 2.75) is 19.9 Å². The van der Waals surface area contributed by atoms with E-state index in [2.05, 4.69) is 15.9 Å². The molecule has 29 heavy (non-hydrogen) atoms. The van der Waals surface area contributed by atoms with Crippen LogP contribution in [0.1, 0.15) is 27.6 Å². The summed E-state index contributed by atoms with van der Waals surface area (Å²) in [7, 11) is 0. The van der Waals surface area contributed by atoms with Crippen LogP contribution in [0.4, 0.5) is 5.69 Å². The molecule has 1 amide bonds. The Hall–Kier alpha value is -2.70. The number of rotatable bonds is 3. The minimum Gasteiger partial charge on any atom is -0.507 e. The Morgan fingerprint density at radius 1 is 1.07 bits per heavy atom. The minimum absolute atomic E-state index is 0.117. The summed E-state index contributed by atoms with van der Waals surface area (Å²) in [6.45, 7) is 3.80. The van der Waals surface area contributed by atoms with E-state index in [-0.39, 0.29) is 11.3 Å². The Morgan fingerprint density at radius 3 is 2.55 bits per heavy atom. The van der Waals surface area contributed by atoms with E-state index in [0.29, 0.717) is 11.3 Å². The third-order valence-electron chi connectivity index (χ3n) is 4.99. The van der Waals surface area contributed by atoms with Crippen molar-refractivity contribution in [1.29, 1.82) is 0 Å². The molecule has 146 valence electrons. The lowest BCUT2D eigenvalue weighted by atomic mass is 9.96. The van der Waals surface area contributed by atoms with Gasteiger partial charge in [-0.05, 0) is 55.1 Å². The smallest absolute Gasteiger partial charge is 0.300 e. The second-order valence-electron chi connectivity index (χ2n) is 6.98. The molecule has 1 saturated heterocycles. The monoisotopic (exact) mass is 467 g/mol. The Bertz CT molecular complexity index is 1150. The van der Waals surface area contributed by atoms with Gasteiger partial charge in [-0.1, -0.05) is 45.8 Å². The number of aliphatic hydroxyl groups is 1. The molecule has 6 heteroatoms. The minimum atomic E-state index is -0.679. The van der Waals surface area contributed by atoms with Crippen molar-refractivity contribution >= 4 is 50.4 Å². The lowest BCUT2D eigenvalue weighted by molar-refractivity contribution is -0.132. The maximum Gasteiger partial charge on any atom is 0.300 e. The highest BCUT2D eigenvalue weighted by Crippen LogP contribution is 2.44. The van der Waals surface area contributed by atoms with Gasteiger partial charge in [-0.15, -0.1) is 11.3 Å². The summed E-state index contributed by atoms with van der Waals surface area (Å²) < 4.78 is 0.802. The van der Waals surface area contributed by atoms with Gasteiger partial charge < -0.3 is 5.11 Å². The van der Waals surface area contributed by atoms with Crippen LogP contribution in [0, 0.1) is 13.8 Å². The van der Waals surface area contributed by atoms with E-state index < -0.39 is 17.7 Å². The first-order valence-electron chi connectivity index (χ1n) is 9.06. The van der Waals surface area contributed by atoms with E-state index in [1.54, 1.807) is 12.1 Å². The molecule has 1 atom stereocenters. The van der Waals surface area contributed by atoms with Crippen LogP contribution in [-0.4, -0.2) is 16.8 Å².